The monoisotopic (exact) mass is 1910 g/mol. The van der Waals surface area contributed by atoms with Gasteiger partial charge in [0.05, 0.1) is 83.5 Å². The number of carbonyl (C=O) groups excluding carboxylic acids is 6. The van der Waals surface area contributed by atoms with E-state index in [-0.39, 0.29) is 93.3 Å². The zero-order valence-electron chi connectivity index (χ0n) is 77.2. The largest absolute Gasteiger partial charge is 1.00 e. The number of benzene rings is 5. The van der Waals surface area contributed by atoms with E-state index < -0.39 is 84.6 Å². The maximum absolute atomic E-state index is 13.9. The van der Waals surface area contributed by atoms with Crippen LogP contribution in [0.3, 0.4) is 0 Å². The molecule has 6 aliphatic rings. The molecule has 4 aliphatic heterocycles. The van der Waals surface area contributed by atoms with Gasteiger partial charge >= 0.3 is 70.2 Å². The van der Waals surface area contributed by atoms with Gasteiger partial charge in [-0.3, -0.25) is 27.7 Å². The average Bonchev–Trinajstić information content (AvgIpc) is 1.56. The summed E-state index contributed by atoms with van der Waals surface area (Å²) in [5.41, 5.74) is 16.7. The van der Waals surface area contributed by atoms with Gasteiger partial charge in [0.1, 0.15) is 32.0 Å². The van der Waals surface area contributed by atoms with E-state index in [2.05, 4.69) is 41.6 Å². The molecule has 43 heteroatoms. The van der Waals surface area contributed by atoms with E-state index in [1.165, 1.54) is 75.8 Å². The number of nitrogens with one attached hydrogen (secondary N) is 2. The van der Waals surface area contributed by atoms with E-state index in [9.17, 15) is 54.0 Å². The average molecular weight is 1910 g/mol. The molecule has 134 heavy (non-hydrogen) atoms. The molecule has 5 aromatic heterocycles. The Morgan fingerprint density at radius 2 is 0.813 bits per heavy atom. The van der Waals surface area contributed by atoms with Crippen LogP contribution in [0.4, 0.5) is 52.4 Å². The molecule has 714 valence electrons. The van der Waals surface area contributed by atoms with Gasteiger partial charge in [-0.25, -0.2) is 50.9 Å². The van der Waals surface area contributed by atoms with Crippen LogP contribution >= 0.6 is 0 Å². The third-order valence-electron chi connectivity index (χ3n) is 22.6. The number of hydrogen-bond donors (Lipinski definition) is 4. The van der Waals surface area contributed by atoms with Gasteiger partial charge in [-0.15, -0.1) is 0 Å². The predicted molar refractivity (Wildman–Crippen MR) is 499 cm³/mol. The minimum Gasteiger partial charge on any atom is -0.528 e. The number of anilines is 5. The maximum Gasteiger partial charge on any atom is 1.00 e. The Hall–Kier alpha value is -12.2. The van der Waals surface area contributed by atoms with Gasteiger partial charge in [0.15, 0.2) is 10.2 Å². The molecule has 4 atom stereocenters. The number of nitrogens with zero attached hydrogens (tertiary/aromatic N) is 18. The van der Waals surface area contributed by atoms with E-state index in [0.717, 1.165) is 104 Å². The minimum absolute atomic E-state index is 0. The molecule has 9 heterocycles. The summed E-state index contributed by atoms with van der Waals surface area (Å²) in [6.07, 6.45) is 24.5. The Morgan fingerprint density at radius 1 is 0.455 bits per heavy atom. The third kappa shape index (κ3) is 29.9. The summed E-state index contributed by atoms with van der Waals surface area (Å²) >= 11 is 0. The molecular formula is C91H119N22NaO17S3. The van der Waals surface area contributed by atoms with Crippen LogP contribution in [0.15, 0.2) is 189 Å². The van der Waals surface area contributed by atoms with Crippen LogP contribution < -0.4 is 63.4 Å². The summed E-state index contributed by atoms with van der Waals surface area (Å²) in [5.74, 6) is -0.673. The van der Waals surface area contributed by atoms with Crippen LogP contribution in [0.5, 0.6) is 0 Å². The molecule has 5 aromatic carbocycles. The smallest absolute Gasteiger partial charge is 0.528 e. The molecule has 0 radical (unpaired) electrons. The predicted octanol–water partition coefficient (Wildman–Crippen LogP) is 8.06. The van der Waals surface area contributed by atoms with Gasteiger partial charge in [0, 0.05) is 131 Å². The first-order valence-electron chi connectivity index (χ1n) is 44.2. The number of ether oxygens (including phenoxy) is 5. The summed E-state index contributed by atoms with van der Waals surface area (Å²) in [4.78, 5) is 82.2. The molecule has 0 bridgehead atoms. The number of aryl methyl sites for hydroxylation is 7. The van der Waals surface area contributed by atoms with Crippen molar-refractivity contribution in [1.82, 2.24) is 73.2 Å². The molecule has 16 rings (SSSR count). The maximum atomic E-state index is 13.9. The van der Waals surface area contributed by atoms with Crippen molar-refractivity contribution in [2.75, 3.05) is 76.3 Å². The van der Waals surface area contributed by atoms with E-state index in [0.29, 0.717) is 88.4 Å². The van der Waals surface area contributed by atoms with Crippen molar-refractivity contribution >= 4 is 95.4 Å². The Morgan fingerprint density at radius 3 is 1.17 bits per heavy atom. The van der Waals surface area contributed by atoms with Crippen molar-refractivity contribution in [2.45, 2.75) is 173 Å². The van der Waals surface area contributed by atoms with Gasteiger partial charge in [-0.1, -0.05) is 127 Å². The van der Waals surface area contributed by atoms with Crippen LogP contribution in [0.25, 0.3) is 4.72 Å². The van der Waals surface area contributed by atoms with E-state index >= 15 is 0 Å². The molecule has 0 saturated carbocycles. The van der Waals surface area contributed by atoms with Gasteiger partial charge < -0.3 is 63.9 Å². The molecule has 4 saturated heterocycles. The second kappa shape index (κ2) is 47.6. The summed E-state index contributed by atoms with van der Waals surface area (Å²) in [6.45, 7) is 8.86. The number of amides is 6. The number of piperidine rings is 4. The number of fused-ring (bicyclic) bond motifs is 2. The number of rotatable bonds is 23. The van der Waals surface area contributed by atoms with E-state index in [1.807, 2.05) is 146 Å². The Bertz CT molecular complexity index is 5860. The molecule has 6 amide bonds. The topological polar surface area (TPSA) is 453 Å². The van der Waals surface area contributed by atoms with Crippen LogP contribution in [0.2, 0.25) is 0 Å². The zero-order chi connectivity index (χ0) is 95.0. The van der Waals surface area contributed by atoms with E-state index in [4.69, 9.17) is 34.6 Å². The van der Waals surface area contributed by atoms with Crippen LogP contribution in [-0.2, 0) is 153 Å². The Labute approximate surface area is 804 Å². The second-order valence-electron chi connectivity index (χ2n) is 34.3. The fourth-order valence-electron chi connectivity index (χ4n) is 16.8. The van der Waals surface area contributed by atoms with Crippen molar-refractivity contribution in [3.8, 4) is 0 Å². The normalized spacial score (nSPS) is 16.9. The molecular weight excluding hydrogens is 1790 g/mol. The van der Waals surface area contributed by atoms with Crippen molar-refractivity contribution in [3.63, 3.8) is 0 Å². The minimum atomic E-state index is -4.44. The molecule has 4 fully saturated rings. The summed E-state index contributed by atoms with van der Waals surface area (Å²) in [6, 6.07) is 38.6. The SMILES string of the molecule is Cn1cc(N(C2CCCN(C(=O)OCc3ccccc3)C2)S(=O)(=O)NC(=O)OC(C)(C)C)cn1.Cn1cc(N(C2CCCN(C(=O)OCc3ccccc3)C2)S(=O)(=O)[N-]C(=O)Cc2c3c(cc4c2CCC4)CCC3)cn1.Cn1cc(N(C2CCCN(C(=O)OCc3ccccc3)C2)S(N)(=O)=O)cn1.Cn1cc(N)cn1.Cn1cc(NC2CCCN(C(=O)OCc3ccccc3)C2)cn1.[Na+]. The van der Waals surface area contributed by atoms with Crippen molar-refractivity contribution in [1.29, 1.82) is 0 Å². The molecule has 39 nitrogen and oxygen atoms in total. The summed E-state index contributed by atoms with van der Waals surface area (Å²) in [5, 5.41) is 29.1. The first-order chi connectivity index (χ1) is 63.6. The first-order valence-corrected chi connectivity index (χ1v) is 48.5. The number of hydrogen-bond acceptors (Lipinski definition) is 24. The zero-order valence-corrected chi connectivity index (χ0v) is 81.6. The number of nitrogens with two attached hydrogens (primary N) is 2. The standard InChI is InChI=1S/C31H37N5O5S.C22H31N5O6S.C17H23N5O4S.C17H22N4O2.C4H7N3.Na/c1-34-19-26(18-32-34)36(25-12-7-15-35(20-25)31(38)41-21-22-8-3-2-4-9-22)42(39,40)33-30(37)17-29-27-13-5-10-23(27)16-24-11-6-14-28(24)29;1-22(2,3)33-20(28)24-34(30,31)27(19-13-23-25(4)14-19)18-11-8-12-26(15-18)21(29)32-16-17-9-6-5-7-10-17;1-20-11-16(10-19-20)22(27(18,24)25)15-8-5-9-21(12-15)17(23)26-13-14-6-3-2-4-7-14;1-20-11-16(10-18-20)19-15-8-5-9-21(12-15)17(22)23-13-14-6-3-2-4-7-14;1-7-3-4(5)2-6-7;/h2-4,8-9,16,18-19,25H,5-7,10-15,17,20-21H2,1H3,(H,33,37);5-7,9-10,13-14,18H,8,11-12,15-16H2,1-4H3,(H,24,28);2-4,6-7,10-11,15H,5,8-9,12-13H2,1H3,(H2,18,24,25);2-4,6-7,10-11,15,19H,5,8-9,12-13H2,1H3;2-3H,5H2,1H3;/q;;;;;+1/p-1. The summed E-state index contributed by atoms with van der Waals surface area (Å²) < 4.78 is 123. The number of aromatic nitrogens is 10. The second-order valence-corrected chi connectivity index (χ2v) is 38.7. The van der Waals surface area contributed by atoms with E-state index in [1.54, 1.807) is 87.2 Å². The molecule has 10 aromatic rings. The number of carbonyl (C=O) groups is 6. The van der Waals surface area contributed by atoms with Crippen molar-refractivity contribution in [3.05, 3.63) is 244 Å². The molecule has 2 aliphatic carbocycles. The quantitative estimate of drug-likeness (QED) is 0.0347. The fraction of sp³-hybridized carbons (Fsp3) is 0.440. The van der Waals surface area contributed by atoms with Crippen LogP contribution in [0, 0.1) is 0 Å². The van der Waals surface area contributed by atoms with Gasteiger partial charge in [0.2, 0.25) is 0 Å². The fourth-order valence-corrected chi connectivity index (χ4v) is 20.4. The molecule has 0 spiro atoms. The third-order valence-corrected chi connectivity index (χ3v) is 26.6. The number of likely N-dealkylation sites (tertiary alicyclic amines) is 4. The van der Waals surface area contributed by atoms with Gasteiger partial charge in [-0.2, -0.15) is 42.3 Å². The molecule has 4 unspecified atom stereocenters. The Balaban J connectivity index is 0.000000171. The van der Waals surface area contributed by atoms with Gasteiger partial charge in [-0.05, 0) is 161 Å². The van der Waals surface area contributed by atoms with Gasteiger partial charge in [0.25, 0.3) is 10.2 Å². The number of nitrogen functional groups attached to an aromatic ring is 1. The summed E-state index contributed by atoms with van der Waals surface area (Å²) in [7, 11) is -4.04. The van der Waals surface area contributed by atoms with Crippen LogP contribution in [-0.4, -0.2) is 212 Å². The molecule has 6 N–H and O–H groups in total. The van der Waals surface area contributed by atoms with Crippen molar-refractivity contribution < 1.29 is 107 Å². The Kier molecular flexibility index (Phi) is 36.3. The van der Waals surface area contributed by atoms with Crippen LogP contribution in [0.1, 0.15) is 135 Å². The van der Waals surface area contributed by atoms with Crippen molar-refractivity contribution in [2.24, 2.45) is 40.4 Å². The first kappa shape index (κ1) is 102.